The normalized spacial score (nSPS) is 21.4. The first-order valence-electron chi connectivity index (χ1n) is 12.3. The fraction of sp³-hybridized carbons (Fsp3) is 0.917. The molecule has 7 nitrogen and oxygen atoms in total. The van der Waals surface area contributed by atoms with Crippen LogP contribution < -0.4 is 0 Å². The van der Waals surface area contributed by atoms with Crippen LogP contribution in [0.25, 0.3) is 0 Å². The lowest BCUT2D eigenvalue weighted by Crippen LogP contribution is -2.28. The summed E-state index contributed by atoms with van der Waals surface area (Å²) in [4.78, 5) is 24.0. The van der Waals surface area contributed by atoms with E-state index in [2.05, 4.69) is 0 Å². The van der Waals surface area contributed by atoms with Crippen molar-refractivity contribution in [2.45, 2.75) is 86.4 Å². The van der Waals surface area contributed by atoms with Crippen molar-refractivity contribution in [1.29, 1.82) is 0 Å². The maximum atomic E-state index is 14.8. The highest BCUT2D eigenvalue weighted by atomic mass is 32.2. The average Bonchev–Trinajstić information content (AvgIpc) is 3.09. The average molecular weight is 559 g/mol. The van der Waals surface area contributed by atoms with Crippen LogP contribution in [0.4, 0.5) is 4.39 Å². The van der Waals surface area contributed by atoms with Crippen molar-refractivity contribution in [2.75, 3.05) is 37.9 Å². The fourth-order valence-corrected chi connectivity index (χ4v) is 6.06. The Labute approximate surface area is 219 Å². The highest BCUT2D eigenvalue weighted by Crippen LogP contribution is 2.51. The molecule has 0 bridgehead atoms. The molecule has 206 valence electrons. The molecule has 1 aliphatic heterocycles. The van der Waals surface area contributed by atoms with Crippen LogP contribution in [0.5, 0.6) is 0 Å². The number of halogens is 1. The van der Waals surface area contributed by atoms with Crippen LogP contribution in [-0.2, 0) is 32.5 Å². The number of hydrogen-bond donors (Lipinski definition) is 0. The van der Waals surface area contributed by atoms with Gasteiger partial charge in [0.05, 0.1) is 19.8 Å². The third-order valence-corrected chi connectivity index (χ3v) is 9.16. The van der Waals surface area contributed by atoms with Crippen molar-refractivity contribution in [3.05, 3.63) is 0 Å². The van der Waals surface area contributed by atoms with Crippen molar-refractivity contribution in [1.82, 2.24) is 0 Å². The highest BCUT2D eigenvalue weighted by Gasteiger charge is 2.42. The largest absolute Gasteiger partial charge is 0.474 e. The minimum absolute atomic E-state index is 0.0476. The van der Waals surface area contributed by atoms with Gasteiger partial charge in [-0.3, -0.25) is 23.2 Å². The zero-order valence-electron chi connectivity index (χ0n) is 22.4. The van der Waals surface area contributed by atoms with Gasteiger partial charge < -0.3 is 4.74 Å². The summed E-state index contributed by atoms with van der Waals surface area (Å²) in [6.07, 6.45) is 2.66. The van der Waals surface area contributed by atoms with Gasteiger partial charge in [-0.05, 0) is 31.6 Å². The predicted octanol–water partition coefficient (Wildman–Crippen LogP) is 7.04. The van der Waals surface area contributed by atoms with Gasteiger partial charge in [-0.25, -0.2) is 8.96 Å². The summed E-state index contributed by atoms with van der Waals surface area (Å²) in [5.41, 5.74) is -0.779. The van der Waals surface area contributed by atoms with E-state index in [1.165, 1.54) is 23.5 Å². The molecule has 1 aliphatic rings. The number of phosphoric ester groups is 1. The van der Waals surface area contributed by atoms with E-state index >= 15 is 0 Å². The number of carbonyl (C=O) groups is 2. The second kappa shape index (κ2) is 14.8. The van der Waals surface area contributed by atoms with Gasteiger partial charge >= 0.3 is 7.82 Å². The van der Waals surface area contributed by atoms with Gasteiger partial charge in [-0.2, -0.15) is 0 Å². The second-order valence-electron chi connectivity index (χ2n) is 11.1. The molecular weight excluding hydrogens is 514 g/mol. The Kier molecular flexibility index (Phi) is 14.0. The molecule has 0 aromatic rings. The second-order valence-corrected chi connectivity index (χ2v) is 14.9. The van der Waals surface area contributed by atoms with E-state index < -0.39 is 20.3 Å². The van der Waals surface area contributed by atoms with Gasteiger partial charge in [0.25, 0.3) is 0 Å². The van der Waals surface area contributed by atoms with Crippen molar-refractivity contribution in [2.24, 2.45) is 16.7 Å². The van der Waals surface area contributed by atoms with E-state index in [1.54, 1.807) is 0 Å². The van der Waals surface area contributed by atoms with Crippen LogP contribution in [0, 0.1) is 16.7 Å². The molecule has 0 radical (unpaired) electrons. The Morgan fingerprint density at radius 2 is 1.37 bits per heavy atom. The molecule has 0 amide bonds. The van der Waals surface area contributed by atoms with Gasteiger partial charge in [0.1, 0.15) is 6.61 Å². The molecule has 0 aliphatic carbocycles. The molecule has 1 fully saturated rings. The summed E-state index contributed by atoms with van der Waals surface area (Å²) in [7, 11) is -3.99. The topological polar surface area (TPSA) is 88.1 Å². The Hall–Kier alpha value is 0.0400. The lowest BCUT2D eigenvalue weighted by atomic mass is 9.99. The number of alkyl halides is 1. The molecule has 11 heteroatoms. The van der Waals surface area contributed by atoms with Crippen LogP contribution in [0.15, 0.2) is 0 Å². The standard InChI is InChI=1S/C24H44FO7PS2/c1-19-16-24(25,29-17-19)18-32-33(28,30-12-8-10-14-34-20(26)22(2,3)4)31-13-9-11-15-35-21(27)23(5,6)7/h19H,8-18H2,1-7H3. The van der Waals surface area contributed by atoms with E-state index in [0.717, 1.165) is 0 Å². The van der Waals surface area contributed by atoms with Gasteiger partial charge in [-0.15, -0.1) is 0 Å². The molecule has 1 rings (SSSR count). The smallest absolute Gasteiger partial charge is 0.344 e. The number of rotatable bonds is 15. The summed E-state index contributed by atoms with van der Waals surface area (Å²) in [5, 5.41) is 0.245. The first-order valence-corrected chi connectivity index (χ1v) is 15.7. The van der Waals surface area contributed by atoms with Crippen molar-refractivity contribution in [3.63, 3.8) is 0 Å². The van der Waals surface area contributed by atoms with E-state index in [1.807, 2.05) is 48.5 Å². The quantitative estimate of drug-likeness (QED) is 0.155. The van der Waals surface area contributed by atoms with Gasteiger partial charge in [-0.1, -0.05) is 72.0 Å². The minimum Gasteiger partial charge on any atom is -0.344 e. The number of ether oxygens (including phenoxy) is 1. The first kappa shape index (κ1) is 33.1. The van der Waals surface area contributed by atoms with E-state index in [-0.39, 0.29) is 53.2 Å². The Balaban J connectivity index is 2.46. The van der Waals surface area contributed by atoms with Crippen LogP contribution in [-0.4, -0.2) is 54.0 Å². The SMILES string of the molecule is CC1COC(F)(COP(=O)(OCCCCSC(=O)C(C)(C)C)OCCCCSC(=O)C(C)(C)C)C1. The van der Waals surface area contributed by atoms with Crippen LogP contribution in [0.1, 0.15) is 80.6 Å². The van der Waals surface area contributed by atoms with Crippen LogP contribution in [0.3, 0.4) is 0 Å². The molecule has 2 unspecified atom stereocenters. The maximum absolute atomic E-state index is 14.8. The van der Waals surface area contributed by atoms with Crippen LogP contribution >= 0.6 is 31.3 Å². The number of hydrogen-bond acceptors (Lipinski definition) is 9. The summed E-state index contributed by atoms with van der Waals surface area (Å²) in [5.74, 6) is -0.687. The van der Waals surface area contributed by atoms with E-state index in [4.69, 9.17) is 18.3 Å². The van der Waals surface area contributed by atoms with E-state index in [0.29, 0.717) is 37.2 Å². The molecule has 1 heterocycles. The minimum atomic E-state index is -3.99. The predicted molar refractivity (Wildman–Crippen MR) is 141 cm³/mol. The zero-order valence-corrected chi connectivity index (χ0v) is 24.9. The molecule has 0 N–H and O–H groups in total. The highest BCUT2D eigenvalue weighted by molar-refractivity contribution is 8.14. The summed E-state index contributed by atoms with van der Waals surface area (Å²) < 4.78 is 49.3. The number of unbranched alkanes of at least 4 members (excludes halogenated alkanes) is 2. The van der Waals surface area contributed by atoms with Crippen molar-refractivity contribution >= 4 is 41.6 Å². The fourth-order valence-electron chi connectivity index (χ4n) is 2.84. The molecule has 0 saturated carbocycles. The number of carbonyl (C=O) groups excluding carboxylic acids is 2. The van der Waals surface area contributed by atoms with Gasteiger partial charge in [0.15, 0.2) is 10.2 Å². The lowest BCUT2D eigenvalue weighted by Gasteiger charge is -2.23. The Morgan fingerprint density at radius 3 is 1.74 bits per heavy atom. The summed E-state index contributed by atoms with van der Waals surface area (Å²) in [6, 6.07) is 0. The van der Waals surface area contributed by atoms with Gasteiger partial charge in [0, 0.05) is 28.8 Å². The monoisotopic (exact) mass is 558 g/mol. The summed E-state index contributed by atoms with van der Waals surface area (Å²) >= 11 is 2.55. The van der Waals surface area contributed by atoms with Crippen LogP contribution in [0.2, 0.25) is 0 Å². The van der Waals surface area contributed by atoms with Gasteiger partial charge in [0.2, 0.25) is 5.85 Å². The molecule has 2 atom stereocenters. The van der Waals surface area contributed by atoms with E-state index in [9.17, 15) is 18.5 Å². The number of phosphoric acid groups is 1. The molecule has 0 spiro atoms. The third kappa shape index (κ3) is 14.0. The Morgan fingerprint density at radius 1 is 0.914 bits per heavy atom. The Bertz CT molecular complexity index is 682. The third-order valence-electron chi connectivity index (χ3n) is 4.99. The lowest BCUT2D eigenvalue weighted by molar-refractivity contribution is -0.134. The summed E-state index contributed by atoms with van der Waals surface area (Å²) in [6.45, 7) is 13.1. The molecule has 0 aromatic carbocycles. The zero-order chi connectivity index (χ0) is 26.8. The molecular formula is C24H44FO7PS2. The van der Waals surface area contributed by atoms with Crippen molar-refractivity contribution in [3.8, 4) is 0 Å². The molecule has 1 saturated heterocycles. The molecule has 0 aromatic heterocycles. The maximum Gasteiger partial charge on any atom is 0.474 e. The first-order chi connectivity index (χ1) is 16.1. The van der Waals surface area contributed by atoms with Crippen molar-refractivity contribution < 1.29 is 36.9 Å². The number of thioether (sulfide) groups is 2. The molecule has 35 heavy (non-hydrogen) atoms.